The average Bonchev–Trinajstić information content (AvgIpc) is 2.40. The van der Waals surface area contributed by atoms with Gasteiger partial charge in [0.15, 0.2) is 0 Å². The van der Waals surface area contributed by atoms with Gasteiger partial charge < -0.3 is 4.74 Å². The lowest BCUT2D eigenvalue weighted by atomic mass is 9.89. The van der Waals surface area contributed by atoms with Crippen LogP contribution in [0.1, 0.15) is 19.4 Å². The van der Waals surface area contributed by atoms with Crippen molar-refractivity contribution in [3.8, 4) is 11.1 Å². The molecule has 2 heteroatoms. The van der Waals surface area contributed by atoms with Gasteiger partial charge in [-0.05, 0) is 25.0 Å². The zero-order chi connectivity index (χ0) is 13.0. The molecular formula is C16H16O2. The second-order valence-corrected chi connectivity index (χ2v) is 4.64. The van der Waals surface area contributed by atoms with Gasteiger partial charge in [0.25, 0.3) is 6.47 Å². The summed E-state index contributed by atoms with van der Waals surface area (Å²) in [6.45, 7) is 4.29. The van der Waals surface area contributed by atoms with E-state index in [4.69, 9.17) is 4.74 Å². The van der Waals surface area contributed by atoms with Crippen LogP contribution in [0.5, 0.6) is 0 Å². The van der Waals surface area contributed by atoms with Crippen molar-refractivity contribution in [2.45, 2.75) is 19.4 Å². The molecule has 2 rings (SSSR count). The standard InChI is InChI=1S/C16H16O2/c1-16(2,18-12-17)15-11-7-6-10-14(15)13-8-4-3-5-9-13/h3-12H,1-2H3. The van der Waals surface area contributed by atoms with Gasteiger partial charge >= 0.3 is 0 Å². The Kier molecular flexibility index (Phi) is 3.47. The van der Waals surface area contributed by atoms with E-state index in [1.54, 1.807) is 0 Å². The van der Waals surface area contributed by atoms with Gasteiger partial charge in [0, 0.05) is 5.56 Å². The van der Waals surface area contributed by atoms with E-state index in [9.17, 15) is 4.79 Å². The van der Waals surface area contributed by atoms with Crippen molar-refractivity contribution in [3.63, 3.8) is 0 Å². The Labute approximate surface area is 107 Å². The summed E-state index contributed by atoms with van der Waals surface area (Å²) in [6.07, 6.45) is 0. The quantitative estimate of drug-likeness (QED) is 0.760. The molecule has 2 nitrogen and oxygen atoms in total. The minimum atomic E-state index is -0.631. The molecule has 0 aliphatic carbocycles. The number of ether oxygens (including phenoxy) is 1. The molecule has 0 unspecified atom stereocenters. The summed E-state index contributed by atoms with van der Waals surface area (Å²) in [5, 5.41) is 0. The second kappa shape index (κ2) is 5.05. The molecule has 0 N–H and O–H groups in total. The maximum atomic E-state index is 10.6. The molecule has 18 heavy (non-hydrogen) atoms. The number of hydrogen-bond donors (Lipinski definition) is 0. The molecule has 0 saturated carbocycles. The fourth-order valence-corrected chi connectivity index (χ4v) is 2.06. The Morgan fingerprint density at radius 1 is 0.944 bits per heavy atom. The lowest BCUT2D eigenvalue weighted by Gasteiger charge is -2.26. The van der Waals surface area contributed by atoms with Gasteiger partial charge in [-0.2, -0.15) is 0 Å². The average molecular weight is 240 g/mol. The van der Waals surface area contributed by atoms with Gasteiger partial charge in [-0.25, -0.2) is 0 Å². The van der Waals surface area contributed by atoms with Crippen molar-refractivity contribution >= 4 is 6.47 Å². The first-order valence-corrected chi connectivity index (χ1v) is 5.91. The van der Waals surface area contributed by atoms with Crippen molar-refractivity contribution < 1.29 is 9.53 Å². The first-order chi connectivity index (χ1) is 8.65. The number of carbonyl (C=O) groups is 1. The smallest absolute Gasteiger partial charge is 0.293 e. The molecule has 0 saturated heterocycles. The van der Waals surface area contributed by atoms with E-state index < -0.39 is 5.60 Å². The van der Waals surface area contributed by atoms with Gasteiger partial charge in [-0.1, -0.05) is 54.6 Å². The minimum Gasteiger partial charge on any atom is -0.457 e. The molecule has 0 amide bonds. The van der Waals surface area contributed by atoms with Crippen LogP contribution in [0.25, 0.3) is 11.1 Å². The Hall–Kier alpha value is -2.09. The summed E-state index contributed by atoms with van der Waals surface area (Å²) in [7, 11) is 0. The molecule has 0 fully saturated rings. The van der Waals surface area contributed by atoms with Crippen LogP contribution in [0.2, 0.25) is 0 Å². The largest absolute Gasteiger partial charge is 0.457 e. The highest BCUT2D eigenvalue weighted by molar-refractivity contribution is 5.68. The maximum absolute atomic E-state index is 10.6. The van der Waals surface area contributed by atoms with Crippen LogP contribution < -0.4 is 0 Å². The van der Waals surface area contributed by atoms with Crippen LogP contribution in [0.4, 0.5) is 0 Å². The highest BCUT2D eigenvalue weighted by atomic mass is 16.5. The Morgan fingerprint density at radius 2 is 1.56 bits per heavy atom. The van der Waals surface area contributed by atoms with Crippen LogP contribution in [-0.4, -0.2) is 6.47 Å². The van der Waals surface area contributed by atoms with E-state index >= 15 is 0 Å². The van der Waals surface area contributed by atoms with Crippen molar-refractivity contribution in [1.29, 1.82) is 0 Å². The Bertz CT molecular complexity index is 530. The summed E-state index contributed by atoms with van der Waals surface area (Å²) < 4.78 is 5.20. The van der Waals surface area contributed by atoms with E-state index in [-0.39, 0.29) is 0 Å². The Balaban J connectivity index is 2.53. The summed E-state index contributed by atoms with van der Waals surface area (Å²) in [5.74, 6) is 0. The normalized spacial score (nSPS) is 11.0. The molecule has 0 atom stereocenters. The summed E-state index contributed by atoms with van der Waals surface area (Å²) in [5.41, 5.74) is 2.58. The van der Waals surface area contributed by atoms with E-state index in [1.165, 1.54) is 0 Å². The molecule has 0 bridgehead atoms. The summed E-state index contributed by atoms with van der Waals surface area (Å²) in [6, 6.07) is 18.1. The Morgan fingerprint density at radius 3 is 2.22 bits per heavy atom. The predicted octanol–water partition coefficient (Wildman–Crippen LogP) is 3.76. The summed E-state index contributed by atoms with van der Waals surface area (Å²) in [4.78, 5) is 10.6. The molecule has 0 aliphatic heterocycles. The van der Waals surface area contributed by atoms with Crippen LogP contribution in [0.15, 0.2) is 54.6 Å². The zero-order valence-electron chi connectivity index (χ0n) is 10.6. The van der Waals surface area contributed by atoms with Crippen molar-refractivity contribution in [2.24, 2.45) is 0 Å². The van der Waals surface area contributed by atoms with E-state index in [2.05, 4.69) is 12.1 Å². The molecule has 2 aromatic rings. The predicted molar refractivity (Wildman–Crippen MR) is 72.1 cm³/mol. The zero-order valence-corrected chi connectivity index (χ0v) is 10.6. The molecule has 0 aromatic heterocycles. The molecule has 0 aliphatic rings. The third kappa shape index (κ3) is 2.43. The third-order valence-corrected chi connectivity index (χ3v) is 3.00. The van der Waals surface area contributed by atoms with Crippen LogP contribution in [-0.2, 0) is 15.1 Å². The fraction of sp³-hybridized carbons (Fsp3) is 0.188. The number of hydrogen-bond acceptors (Lipinski definition) is 2. The summed E-state index contributed by atoms with van der Waals surface area (Å²) >= 11 is 0. The second-order valence-electron chi connectivity index (χ2n) is 4.64. The van der Waals surface area contributed by atoms with E-state index in [0.29, 0.717) is 6.47 Å². The van der Waals surface area contributed by atoms with Crippen molar-refractivity contribution in [1.82, 2.24) is 0 Å². The first-order valence-electron chi connectivity index (χ1n) is 5.91. The number of rotatable bonds is 4. The lowest BCUT2D eigenvalue weighted by Crippen LogP contribution is -2.21. The molecule has 0 heterocycles. The van der Waals surface area contributed by atoms with Crippen molar-refractivity contribution in [2.75, 3.05) is 0 Å². The van der Waals surface area contributed by atoms with Gasteiger partial charge in [0.05, 0.1) is 0 Å². The molecule has 92 valence electrons. The van der Waals surface area contributed by atoms with Gasteiger partial charge in [-0.15, -0.1) is 0 Å². The van der Waals surface area contributed by atoms with Gasteiger partial charge in [0.1, 0.15) is 5.60 Å². The molecular weight excluding hydrogens is 224 g/mol. The maximum Gasteiger partial charge on any atom is 0.293 e. The van der Waals surface area contributed by atoms with Gasteiger partial charge in [-0.3, -0.25) is 4.79 Å². The van der Waals surface area contributed by atoms with Crippen molar-refractivity contribution in [3.05, 3.63) is 60.2 Å². The topological polar surface area (TPSA) is 26.3 Å². The fourth-order valence-electron chi connectivity index (χ4n) is 2.06. The lowest BCUT2D eigenvalue weighted by molar-refractivity contribution is -0.141. The van der Waals surface area contributed by atoms with E-state index in [0.717, 1.165) is 16.7 Å². The van der Waals surface area contributed by atoms with Crippen LogP contribution >= 0.6 is 0 Å². The van der Waals surface area contributed by atoms with Gasteiger partial charge in [0.2, 0.25) is 0 Å². The SMILES string of the molecule is CC(C)(OC=O)c1ccccc1-c1ccccc1. The minimum absolute atomic E-state index is 0.502. The number of benzene rings is 2. The van der Waals surface area contributed by atoms with E-state index in [1.807, 2.05) is 56.3 Å². The molecule has 0 radical (unpaired) electrons. The first kappa shape index (κ1) is 12.4. The number of carbonyl (C=O) groups excluding carboxylic acids is 1. The monoisotopic (exact) mass is 240 g/mol. The van der Waals surface area contributed by atoms with Crippen LogP contribution in [0.3, 0.4) is 0 Å². The van der Waals surface area contributed by atoms with Crippen LogP contribution in [0, 0.1) is 0 Å². The highest BCUT2D eigenvalue weighted by Crippen LogP contribution is 2.33. The molecule has 0 spiro atoms. The molecule has 2 aromatic carbocycles. The third-order valence-electron chi connectivity index (χ3n) is 3.00. The highest BCUT2D eigenvalue weighted by Gasteiger charge is 2.24.